The molecule has 3 aromatic carbocycles. The number of rotatable bonds is 9. The Balaban J connectivity index is 1.67. The van der Waals surface area contributed by atoms with Crippen molar-refractivity contribution in [1.82, 2.24) is 5.32 Å². The van der Waals surface area contributed by atoms with E-state index in [1.165, 1.54) is 24.3 Å². The molecular weight excluding hydrogens is 422 g/mol. The molecule has 6 nitrogen and oxygen atoms in total. The van der Waals surface area contributed by atoms with E-state index in [4.69, 9.17) is 5.26 Å². The van der Waals surface area contributed by atoms with Crippen LogP contribution in [-0.2, 0) is 14.8 Å². The van der Waals surface area contributed by atoms with Crippen LogP contribution in [0.25, 0.3) is 0 Å². The van der Waals surface area contributed by atoms with Gasteiger partial charge < -0.3 is 5.32 Å². The van der Waals surface area contributed by atoms with E-state index in [-0.39, 0.29) is 18.4 Å². The van der Waals surface area contributed by atoms with Crippen molar-refractivity contribution in [2.75, 3.05) is 23.7 Å². The van der Waals surface area contributed by atoms with Crippen molar-refractivity contribution >= 4 is 21.6 Å². The van der Waals surface area contributed by atoms with Gasteiger partial charge in [0.05, 0.1) is 23.6 Å². The molecule has 32 heavy (non-hydrogen) atoms. The van der Waals surface area contributed by atoms with Gasteiger partial charge in [0.25, 0.3) is 0 Å². The molecule has 0 heterocycles. The SMILES string of the molecule is CS(=O)(=O)N(CC(=O)NCCC(c1ccccc1)c1ccccc1)c1ccc(C#N)cc1. The highest BCUT2D eigenvalue weighted by Gasteiger charge is 2.21. The highest BCUT2D eigenvalue weighted by molar-refractivity contribution is 7.92. The number of benzene rings is 3. The second-order valence-electron chi connectivity index (χ2n) is 7.44. The number of hydrogen-bond acceptors (Lipinski definition) is 4. The number of sulfonamides is 1. The van der Waals surface area contributed by atoms with Gasteiger partial charge in [0.1, 0.15) is 6.54 Å². The fourth-order valence-electron chi connectivity index (χ4n) is 3.54. The minimum Gasteiger partial charge on any atom is -0.354 e. The van der Waals surface area contributed by atoms with Gasteiger partial charge in [-0.05, 0) is 41.8 Å². The molecule has 0 atom stereocenters. The zero-order valence-corrected chi connectivity index (χ0v) is 18.6. The highest BCUT2D eigenvalue weighted by atomic mass is 32.2. The van der Waals surface area contributed by atoms with Gasteiger partial charge in [-0.25, -0.2) is 8.42 Å². The Labute approximate surface area is 189 Å². The van der Waals surface area contributed by atoms with E-state index in [2.05, 4.69) is 29.6 Å². The molecule has 0 fully saturated rings. The maximum atomic E-state index is 12.6. The lowest BCUT2D eigenvalue weighted by atomic mass is 9.88. The van der Waals surface area contributed by atoms with E-state index >= 15 is 0 Å². The van der Waals surface area contributed by atoms with Gasteiger partial charge in [-0.2, -0.15) is 5.26 Å². The van der Waals surface area contributed by atoms with Crippen LogP contribution in [0, 0.1) is 11.3 Å². The van der Waals surface area contributed by atoms with Crippen LogP contribution in [0.15, 0.2) is 84.9 Å². The average molecular weight is 448 g/mol. The fourth-order valence-corrected chi connectivity index (χ4v) is 4.40. The van der Waals surface area contributed by atoms with Crippen molar-refractivity contribution in [3.8, 4) is 6.07 Å². The molecule has 1 amide bonds. The molecule has 0 saturated carbocycles. The summed E-state index contributed by atoms with van der Waals surface area (Å²) in [6, 6.07) is 28.2. The number of carbonyl (C=O) groups is 1. The lowest BCUT2D eigenvalue weighted by molar-refractivity contribution is -0.119. The van der Waals surface area contributed by atoms with Crippen LogP contribution in [0.1, 0.15) is 29.0 Å². The largest absolute Gasteiger partial charge is 0.354 e. The van der Waals surface area contributed by atoms with E-state index < -0.39 is 10.0 Å². The summed E-state index contributed by atoms with van der Waals surface area (Å²) in [4.78, 5) is 12.6. The van der Waals surface area contributed by atoms with Gasteiger partial charge in [-0.15, -0.1) is 0 Å². The summed E-state index contributed by atoms with van der Waals surface area (Å²) in [5, 5.41) is 11.8. The van der Waals surface area contributed by atoms with Gasteiger partial charge in [0.15, 0.2) is 0 Å². The molecule has 0 radical (unpaired) electrons. The monoisotopic (exact) mass is 447 g/mol. The first-order valence-corrected chi connectivity index (χ1v) is 12.1. The molecule has 0 spiro atoms. The Bertz CT molecular complexity index is 1130. The summed E-state index contributed by atoms with van der Waals surface area (Å²) in [6.45, 7) is 0.0737. The average Bonchev–Trinajstić information content (AvgIpc) is 2.81. The third-order valence-electron chi connectivity index (χ3n) is 5.13. The van der Waals surface area contributed by atoms with E-state index in [0.717, 1.165) is 21.7 Å². The van der Waals surface area contributed by atoms with Crippen molar-refractivity contribution in [2.24, 2.45) is 0 Å². The van der Waals surface area contributed by atoms with E-state index in [9.17, 15) is 13.2 Å². The molecule has 1 N–H and O–H groups in total. The Hall–Kier alpha value is -3.63. The fraction of sp³-hybridized carbons (Fsp3) is 0.200. The molecule has 7 heteroatoms. The Morgan fingerprint density at radius 3 is 1.94 bits per heavy atom. The van der Waals surface area contributed by atoms with Gasteiger partial charge in [0.2, 0.25) is 15.9 Å². The number of hydrogen-bond donors (Lipinski definition) is 1. The molecule has 0 saturated heterocycles. The van der Waals surface area contributed by atoms with Crippen LogP contribution in [0.2, 0.25) is 0 Å². The minimum absolute atomic E-state index is 0.113. The first-order chi connectivity index (χ1) is 15.4. The molecule has 164 valence electrons. The quantitative estimate of drug-likeness (QED) is 0.542. The number of nitrogens with zero attached hydrogens (tertiary/aromatic N) is 2. The van der Waals surface area contributed by atoms with E-state index in [1.807, 2.05) is 42.5 Å². The summed E-state index contributed by atoms with van der Waals surface area (Å²) in [7, 11) is -3.67. The highest BCUT2D eigenvalue weighted by Crippen LogP contribution is 2.27. The predicted octanol–water partition coefficient (Wildman–Crippen LogP) is 3.66. The second kappa shape index (κ2) is 10.6. The van der Waals surface area contributed by atoms with Crippen molar-refractivity contribution < 1.29 is 13.2 Å². The summed E-state index contributed by atoms with van der Waals surface area (Å²) in [5.74, 6) is -0.276. The lowest BCUT2D eigenvalue weighted by Crippen LogP contribution is -2.40. The van der Waals surface area contributed by atoms with Crippen LogP contribution < -0.4 is 9.62 Å². The third-order valence-corrected chi connectivity index (χ3v) is 6.27. The number of amides is 1. The molecule has 3 aromatic rings. The van der Waals surface area contributed by atoms with Crippen molar-refractivity contribution in [1.29, 1.82) is 5.26 Å². The molecule has 0 aromatic heterocycles. The molecular formula is C25H25N3O3S. The zero-order chi connectivity index (χ0) is 23.0. The molecule has 3 rings (SSSR count). The van der Waals surface area contributed by atoms with Crippen LogP contribution in [-0.4, -0.2) is 33.7 Å². The van der Waals surface area contributed by atoms with Gasteiger partial charge >= 0.3 is 0 Å². The number of carbonyl (C=O) groups excluding carboxylic acids is 1. The maximum Gasteiger partial charge on any atom is 0.240 e. The van der Waals surface area contributed by atoms with Gasteiger partial charge in [-0.1, -0.05) is 60.7 Å². The first-order valence-electron chi connectivity index (χ1n) is 10.2. The van der Waals surface area contributed by atoms with Crippen LogP contribution >= 0.6 is 0 Å². The number of anilines is 1. The summed E-state index contributed by atoms with van der Waals surface area (Å²) < 4.78 is 25.5. The third kappa shape index (κ3) is 6.19. The molecule has 0 aliphatic carbocycles. The van der Waals surface area contributed by atoms with Gasteiger partial charge in [-0.3, -0.25) is 9.10 Å². The predicted molar refractivity (Wildman–Crippen MR) is 126 cm³/mol. The van der Waals surface area contributed by atoms with Crippen LogP contribution in [0.3, 0.4) is 0 Å². The minimum atomic E-state index is -3.67. The summed E-state index contributed by atoms with van der Waals surface area (Å²) in [5.41, 5.74) is 3.07. The van der Waals surface area contributed by atoms with E-state index in [0.29, 0.717) is 24.2 Å². The second-order valence-corrected chi connectivity index (χ2v) is 9.35. The first kappa shape index (κ1) is 23.0. The molecule has 0 aliphatic heterocycles. The molecule has 0 bridgehead atoms. The van der Waals surface area contributed by atoms with E-state index in [1.54, 1.807) is 0 Å². The number of nitriles is 1. The van der Waals surface area contributed by atoms with Crippen molar-refractivity contribution in [3.63, 3.8) is 0 Å². The Kier molecular flexibility index (Phi) is 7.63. The molecule has 0 aliphatic rings. The van der Waals surface area contributed by atoms with Crippen LogP contribution in [0.5, 0.6) is 0 Å². The topological polar surface area (TPSA) is 90.3 Å². The Morgan fingerprint density at radius 1 is 0.938 bits per heavy atom. The van der Waals surface area contributed by atoms with Crippen LogP contribution in [0.4, 0.5) is 5.69 Å². The maximum absolute atomic E-state index is 12.6. The molecule has 0 unspecified atom stereocenters. The van der Waals surface area contributed by atoms with Crippen molar-refractivity contribution in [3.05, 3.63) is 102 Å². The van der Waals surface area contributed by atoms with Gasteiger partial charge in [0, 0.05) is 12.5 Å². The smallest absolute Gasteiger partial charge is 0.240 e. The zero-order valence-electron chi connectivity index (χ0n) is 17.8. The number of nitrogens with one attached hydrogen (secondary N) is 1. The Morgan fingerprint density at radius 2 is 1.47 bits per heavy atom. The summed E-state index contributed by atoms with van der Waals surface area (Å²) in [6.07, 6.45) is 1.73. The normalized spacial score (nSPS) is 11.0. The standard InChI is InChI=1S/C25H25N3O3S/c1-32(30,31)28(23-14-12-20(18-26)13-15-23)19-25(29)27-17-16-24(21-8-4-2-5-9-21)22-10-6-3-7-11-22/h2-15,24H,16-17,19H2,1H3,(H,27,29). The summed E-state index contributed by atoms with van der Waals surface area (Å²) >= 11 is 0. The lowest BCUT2D eigenvalue weighted by Gasteiger charge is -2.22. The van der Waals surface area contributed by atoms with Crippen molar-refractivity contribution in [2.45, 2.75) is 12.3 Å².